The topological polar surface area (TPSA) is 0 Å². The van der Waals surface area contributed by atoms with Gasteiger partial charge in [0, 0.05) is 0 Å². The number of hydrogen-bond donors (Lipinski definition) is 0. The first kappa shape index (κ1) is 11.0. The van der Waals surface area contributed by atoms with E-state index >= 15 is 0 Å². The zero-order valence-corrected chi connectivity index (χ0v) is 9.56. The van der Waals surface area contributed by atoms with Gasteiger partial charge in [-0.15, -0.1) is 0 Å². The molecule has 14 heavy (non-hydrogen) atoms. The molecule has 1 aromatic carbocycles. The molecule has 0 nitrogen and oxygen atoms in total. The molecule has 0 amide bonds. The van der Waals surface area contributed by atoms with Crippen LogP contribution < -0.4 is 0 Å². The summed E-state index contributed by atoms with van der Waals surface area (Å²) in [5.74, 6) is 0. The molecule has 0 bridgehead atoms. The summed E-state index contributed by atoms with van der Waals surface area (Å²) in [7, 11) is 0. The molecular weight excluding hydrogens is 168 g/mol. The maximum Gasteiger partial charge on any atom is -0.0227 e. The first-order valence-corrected chi connectivity index (χ1v) is 5.48. The van der Waals surface area contributed by atoms with Crippen molar-refractivity contribution in [2.75, 3.05) is 0 Å². The quantitative estimate of drug-likeness (QED) is 0.665. The molecule has 0 heterocycles. The third-order valence-corrected chi connectivity index (χ3v) is 2.78. The lowest BCUT2D eigenvalue weighted by Gasteiger charge is -2.13. The van der Waals surface area contributed by atoms with E-state index in [0.717, 1.165) is 6.42 Å². The molecule has 0 aliphatic carbocycles. The second-order valence-corrected chi connectivity index (χ2v) is 3.74. The van der Waals surface area contributed by atoms with Gasteiger partial charge in [0.05, 0.1) is 0 Å². The Morgan fingerprint density at radius 2 is 1.93 bits per heavy atom. The molecule has 0 radical (unpaired) electrons. The monoisotopic (exact) mass is 188 g/mol. The first-order valence-electron chi connectivity index (χ1n) is 5.48. The van der Waals surface area contributed by atoms with E-state index in [1.807, 2.05) is 6.08 Å². The summed E-state index contributed by atoms with van der Waals surface area (Å²) >= 11 is 0. The molecule has 0 atom stereocenters. The van der Waals surface area contributed by atoms with Crippen LogP contribution in [0.1, 0.15) is 42.5 Å². The van der Waals surface area contributed by atoms with E-state index in [4.69, 9.17) is 0 Å². The molecule has 0 aliphatic heterocycles. The average Bonchev–Trinajstić information content (AvgIpc) is 2.19. The van der Waals surface area contributed by atoms with Gasteiger partial charge in [-0.2, -0.15) is 0 Å². The van der Waals surface area contributed by atoms with Gasteiger partial charge >= 0.3 is 0 Å². The highest BCUT2D eigenvalue weighted by atomic mass is 14.1. The van der Waals surface area contributed by atoms with Gasteiger partial charge < -0.3 is 0 Å². The minimum atomic E-state index is 1.13. The molecule has 76 valence electrons. The Labute approximate surface area is 87.7 Å². The predicted octanol–water partition coefficient (Wildman–Crippen LogP) is 4.15. The molecule has 0 fully saturated rings. The highest BCUT2D eigenvalue weighted by molar-refractivity contribution is 5.56. The van der Waals surface area contributed by atoms with Crippen molar-refractivity contribution < 1.29 is 0 Å². The van der Waals surface area contributed by atoms with Crippen molar-refractivity contribution >= 4 is 6.08 Å². The largest absolute Gasteiger partial charge is 0.0985 e. The Morgan fingerprint density at radius 3 is 2.43 bits per heavy atom. The third kappa shape index (κ3) is 2.06. The fourth-order valence-corrected chi connectivity index (χ4v) is 2.06. The smallest absolute Gasteiger partial charge is 0.0227 e. The molecule has 0 N–H and O–H groups in total. The lowest BCUT2D eigenvalue weighted by molar-refractivity contribution is 0.892. The summed E-state index contributed by atoms with van der Waals surface area (Å²) in [6.45, 7) is 10.5. The van der Waals surface area contributed by atoms with Crippen molar-refractivity contribution in [2.24, 2.45) is 0 Å². The highest BCUT2D eigenvalue weighted by Gasteiger charge is 2.06. The maximum atomic E-state index is 3.88. The van der Waals surface area contributed by atoms with Crippen molar-refractivity contribution in [3.63, 3.8) is 0 Å². The van der Waals surface area contributed by atoms with Crippen LogP contribution in [0.15, 0.2) is 18.7 Å². The van der Waals surface area contributed by atoms with Gasteiger partial charge in [0.25, 0.3) is 0 Å². The minimum Gasteiger partial charge on any atom is -0.0985 e. The van der Waals surface area contributed by atoms with Gasteiger partial charge in [-0.05, 0) is 42.0 Å². The Balaban J connectivity index is 3.27. The summed E-state index contributed by atoms with van der Waals surface area (Å²) in [6.07, 6.45) is 5.48. The highest BCUT2D eigenvalue weighted by Crippen LogP contribution is 2.22. The minimum absolute atomic E-state index is 1.13. The van der Waals surface area contributed by atoms with Crippen molar-refractivity contribution in [2.45, 2.75) is 40.0 Å². The van der Waals surface area contributed by atoms with Crippen LogP contribution in [0.5, 0.6) is 0 Å². The predicted molar refractivity (Wildman–Crippen MR) is 64.6 cm³/mol. The SMILES string of the molecule is C=Cc1ccc(C)c(CC)c1CCC. The lowest BCUT2D eigenvalue weighted by Crippen LogP contribution is -1.99. The molecule has 1 aromatic rings. The Kier molecular flexibility index (Phi) is 3.94. The lowest BCUT2D eigenvalue weighted by atomic mass is 9.92. The molecule has 0 aliphatic rings. The second-order valence-electron chi connectivity index (χ2n) is 3.74. The van der Waals surface area contributed by atoms with Gasteiger partial charge in [0.15, 0.2) is 0 Å². The van der Waals surface area contributed by atoms with E-state index < -0.39 is 0 Å². The third-order valence-electron chi connectivity index (χ3n) is 2.78. The zero-order chi connectivity index (χ0) is 10.6. The number of benzene rings is 1. The van der Waals surface area contributed by atoms with Gasteiger partial charge in [0.1, 0.15) is 0 Å². The Bertz CT molecular complexity index is 321. The number of rotatable bonds is 4. The Hall–Kier alpha value is -1.04. The molecule has 0 heteroatoms. The number of aryl methyl sites for hydroxylation is 1. The summed E-state index contributed by atoms with van der Waals surface area (Å²) < 4.78 is 0. The van der Waals surface area contributed by atoms with E-state index in [2.05, 4.69) is 39.5 Å². The van der Waals surface area contributed by atoms with Crippen LogP contribution in [0, 0.1) is 6.92 Å². The van der Waals surface area contributed by atoms with Gasteiger partial charge in [-0.25, -0.2) is 0 Å². The average molecular weight is 188 g/mol. The van der Waals surface area contributed by atoms with E-state index in [9.17, 15) is 0 Å². The zero-order valence-electron chi connectivity index (χ0n) is 9.56. The van der Waals surface area contributed by atoms with Gasteiger partial charge in [0.2, 0.25) is 0 Å². The first-order chi connectivity index (χ1) is 6.74. The normalized spacial score (nSPS) is 10.2. The fourth-order valence-electron chi connectivity index (χ4n) is 2.06. The van der Waals surface area contributed by atoms with E-state index in [-0.39, 0.29) is 0 Å². The van der Waals surface area contributed by atoms with E-state index in [0.29, 0.717) is 0 Å². The maximum absolute atomic E-state index is 3.88. The van der Waals surface area contributed by atoms with E-state index in [1.165, 1.54) is 35.1 Å². The molecule has 0 spiro atoms. The van der Waals surface area contributed by atoms with Crippen molar-refractivity contribution in [3.05, 3.63) is 41.0 Å². The van der Waals surface area contributed by atoms with Crippen LogP contribution in [-0.4, -0.2) is 0 Å². The van der Waals surface area contributed by atoms with Crippen molar-refractivity contribution in [3.8, 4) is 0 Å². The molecule has 0 unspecified atom stereocenters. The van der Waals surface area contributed by atoms with Crippen LogP contribution in [0.25, 0.3) is 6.08 Å². The fraction of sp³-hybridized carbons (Fsp3) is 0.429. The molecule has 0 aromatic heterocycles. The summed E-state index contributed by atoms with van der Waals surface area (Å²) in [4.78, 5) is 0. The summed E-state index contributed by atoms with van der Waals surface area (Å²) in [5.41, 5.74) is 5.75. The van der Waals surface area contributed by atoms with E-state index in [1.54, 1.807) is 0 Å². The standard InChI is InChI=1S/C14H20/c1-5-8-14-12(6-2)10-9-11(4)13(14)7-3/h6,9-10H,2,5,7-8H2,1,3-4H3. The van der Waals surface area contributed by atoms with Crippen molar-refractivity contribution in [1.82, 2.24) is 0 Å². The molecule has 1 rings (SSSR count). The van der Waals surface area contributed by atoms with Crippen molar-refractivity contribution in [1.29, 1.82) is 0 Å². The number of hydrogen-bond acceptors (Lipinski definition) is 0. The van der Waals surface area contributed by atoms with Crippen LogP contribution in [0.3, 0.4) is 0 Å². The Morgan fingerprint density at radius 1 is 1.21 bits per heavy atom. The second kappa shape index (κ2) is 4.99. The van der Waals surface area contributed by atoms with Crippen LogP contribution in [0.4, 0.5) is 0 Å². The van der Waals surface area contributed by atoms with Crippen LogP contribution >= 0.6 is 0 Å². The van der Waals surface area contributed by atoms with Crippen LogP contribution in [-0.2, 0) is 12.8 Å². The summed E-state index contributed by atoms with van der Waals surface area (Å²) in [6, 6.07) is 4.39. The van der Waals surface area contributed by atoms with Gasteiger partial charge in [-0.1, -0.05) is 45.1 Å². The van der Waals surface area contributed by atoms with Crippen LogP contribution in [0.2, 0.25) is 0 Å². The molecule has 0 saturated carbocycles. The van der Waals surface area contributed by atoms with Gasteiger partial charge in [-0.3, -0.25) is 0 Å². The summed E-state index contributed by atoms with van der Waals surface area (Å²) in [5, 5.41) is 0. The molecule has 0 saturated heterocycles. The molecular formula is C14H20.